The predicted molar refractivity (Wildman–Crippen MR) is 67.0 cm³/mol. The van der Waals surface area contributed by atoms with Crippen LogP contribution in [0.3, 0.4) is 0 Å². The topological polar surface area (TPSA) is 75.6 Å². The molecule has 3 aromatic rings. The van der Waals surface area contributed by atoms with Gasteiger partial charge in [-0.1, -0.05) is 12.1 Å². The number of nitrogens with zero attached hydrogens (tertiary/aromatic N) is 3. The molecule has 2 heterocycles. The molecule has 0 aliphatic heterocycles. The maximum Gasteiger partial charge on any atom is 0.248 e. The van der Waals surface area contributed by atoms with Gasteiger partial charge in [0.1, 0.15) is 6.54 Å². The molecule has 6 heteroatoms. The van der Waals surface area contributed by atoms with Crippen molar-refractivity contribution in [3.63, 3.8) is 0 Å². The number of para-hydroxylation sites is 2. The van der Waals surface area contributed by atoms with Crippen LogP contribution >= 0.6 is 0 Å². The number of fused-ring (bicyclic) bond motifs is 1. The number of anilines is 1. The zero-order chi connectivity index (χ0) is 12.4. The summed E-state index contributed by atoms with van der Waals surface area (Å²) in [6.07, 6.45) is 3.37. The van der Waals surface area contributed by atoms with Gasteiger partial charge in [-0.2, -0.15) is 5.10 Å². The van der Waals surface area contributed by atoms with E-state index in [4.69, 9.17) is 0 Å². The van der Waals surface area contributed by atoms with Crippen LogP contribution in [0.4, 0.5) is 5.95 Å². The van der Waals surface area contributed by atoms with Crippen molar-refractivity contribution in [1.29, 1.82) is 0 Å². The number of benzene rings is 1. The maximum absolute atomic E-state index is 11.7. The summed E-state index contributed by atoms with van der Waals surface area (Å²) in [5, 5.41) is 6.67. The van der Waals surface area contributed by atoms with E-state index in [1.54, 1.807) is 23.1 Å². The Morgan fingerprint density at radius 3 is 3.00 bits per heavy atom. The molecule has 0 fully saturated rings. The van der Waals surface area contributed by atoms with E-state index in [0.717, 1.165) is 11.0 Å². The fourth-order valence-corrected chi connectivity index (χ4v) is 1.72. The number of H-pyrrole nitrogens is 1. The SMILES string of the molecule is O=C(Cn1cccn1)Nc1nc2ccccc2[nH]1. The molecule has 0 aliphatic rings. The Morgan fingerprint density at radius 2 is 2.22 bits per heavy atom. The van der Waals surface area contributed by atoms with Crippen LogP contribution < -0.4 is 5.32 Å². The van der Waals surface area contributed by atoms with E-state index in [1.165, 1.54) is 0 Å². The second kappa shape index (κ2) is 4.33. The van der Waals surface area contributed by atoms with Gasteiger partial charge in [-0.15, -0.1) is 0 Å². The number of rotatable bonds is 3. The minimum absolute atomic E-state index is 0.169. The monoisotopic (exact) mass is 241 g/mol. The maximum atomic E-state index is 11.7. The zero-order valence-electron chi connectivity index (χ0n) is 9.50. The van der Waals surface area contributed by atoms with E-state index in [1.807, 2.05) is 24.3 Å². The van der Waals surface area contributed by atoms with Gasteiger partial charge in [-0.25, -0.2) is 4.98 Å². The Balaban J connectivity index is 1.74. The van der Waals surface area contributed by atoms with Gasteiger partial charge in [0.2, 0.25) is 11.9 Å². The number of hydrogen-bond donors (Lipinski definition) is 2. The zero-order valence-corrected chi connectivity index (χ0v) is 9.50. The first-order valence-corrected chi connectivity index (χ1v) is 5.53. The number of amides is 1. The highest BCUT2D eigenvalue weighted by Gasteiger charge is 2.07. The number of carbonyl (C=O) groups excluding carboxylic acids is 1. The van der Waals surface area contributed by atoms with Gasteiger partial charge in [0.25, 0.3) is 0 Å². The van der Waals surface area contributed by atoms with Crippen molar-refractivity contribution in [3.8, 4) is 0 Å². The quantitative estimate of drug-likeness (QED) is 0.727. The summed E-state index contributed by atoms with van der Waals surface area (Å²) in [5.41, 5.74) is 1.72. The lowest BCUT2D eigenvalue weighted by Gasteiger charge is -2.01. The van der Waals surface area contributed by atoms with Crippen molar-refractivity contribution in [1.82, 2.24) is 19.7 Å². The van der Waals surface area contributed by atoms with Crippen LogP contribution in [0.15, 0.2) is 42.7 Å². The van der Waals surface area contributed by atoms with E-state index in [-0.39, 0.29) is 12.5 Å². The van der Waals surface area contributed by atoms with E-state index in [0.29, 0.717) is 5.95 Å². The largest absolute Gasteiger partial charge is 0.324 e. The summed E-state index contributed by atoms with van der Waals surface area (Å²) >= 11 is 0. The normalized spacial score (nSPS) is 10.7. The van der Waals surface area contributed by atoms with Gasteiger partial charge in [0.15, 0.2) is 0 Å². The van der Waals surface area contributed by atoms with E-state index < -0.39 is 0 Å². The summed E-state index contributed by atoms with van der Waals surface area (Å²) in [7, 11) is 0. The Kier molecular flexibility index (Phi) is 2.53. The van der Waals surface area contributed by atoms with Crippen LogP contribution in [0.1, 0.15) is 0 Å². The highest BCUT2D eigenvalue weighted by atomic mass is 16.2. The van der Waals surface area contributed by atoms with Gasteiger partial charge < -0.3 is 4.98 Å². The van der Waals surface area contributed by atoms with Gasteiger partial charge in [0.05, 0.1) is 11.0 Å². The molecule has 0 saturated carbocycles. The van der Waals surface area contributed by atoms with Crippen LogP contribution in [0.5, 0.6) is 0 Å². The van der Waals surface area contributed by atoms with Crippen molar-refractivity contribution < 1.29 is 4.79 Å². The molecule has 90 valence electrons. The number of nitrogens with one attached hydrogen (secondary N) is 2. The third-order valence-electron chi connectivity index (χ3n) is 2.51. The molecule has 0 bridgehead atoms. The Labute approximate surface area is 103 Å². The van der Waals surface area contributed by atoms with E-state index >= 15 is 0 Å². The molecule has 0 radical (unpaired) electrons. The lowest BCUT2D eigenvalue weighted by atomic mass is 10.3. The van der Waals surface area contributed by atoms with Crippen molar-refractivity contribution >= 4 is 22.9 Å². The van der Waals surface area contributed by atoms with Gasteiger partial charge in [-0.05, 0) is 18.2 Å². The fraction of sp³-hybridized carbons (Fsp3) is 0.0833. The molecule has 0 spiro atoms. The second-order valence-corrected chi connectivity index (χ2v) is 3.85. The molecule has 1 amide bonds. The molecule has 0 atom stereocenters. The number of carbonyl (C=O) groups is 1. The second-order valence-electron chi connectivity index (χ2n) is 3.85. The molecule has 0 unspecified atom stereocenters. The number of aromatic nitrogens is 4. The summed E-state index contributed by atoms with van der Waals surface area (Å²) in [4.78, 5) is 19.0. The molecule has 0 saturated heterocycles. The minimum Gasteiger partial charge on any atom is -0.324 e. The van der Waals surface area contributed by atoms with Crippen LogP contribution in [0, 0.1) is 0 Å². The Bertz CT molecular complexity index is 638. The lowest BCUT2D eigenvalue weighted by molar-refractivity contribution is -0.116. The highest BCUT2D eigenvalue weighted by Crippen LogP contribution is 2.13. The first-order chi connectivity index (χ1) is 8.81. The van der Waals surface area contributed by atoms with Crippen molar-refractivity contribution in [2.45, 2.75) is 6.54 Å². The molecular weight excluding hydrogens is 230 g/mol. The molecule has 3 rings (SSSR count). The number of aromatic amines is 1. The molecule has 2 N–H and O–H groups in total. The number of imidazole rings is 1. The molecule has 1 aromatic carbocycles. The Hall–Kier alpha value is -2.63. The molecule has 0 aliphatic carbocycles. The van der Waals surface area contributed by atoms with Crippen molar-refractivity contribution in [2.75, 3.05) is 5.32 Å². The summed E-state index contributed by atoms with van der Waals surface area (Å²) < 4.78 is 1.55. The van der Waals surface area contributed by atoms with Gasteiger partial charge in [0, 0.05) is 12.4 Å². The number of hydrogen-bond acceptors (Lipinski definition) is 3. The van der Waals surface area contributed by atoms with Gasteiger partial charge >= 0.3 is 0 Å². The smallest absolute Gasteiger partial charge is 0.248 e. The van der Waals surface area contributed by atoms with Crippen LogP contribution in [0.25, 0.3) is 11.0 Å². The molecular formula is C12H11N5O. The average molecular weight is 241 g/mol. The van der Waals surface area contributed by atoms with Crippen LogP contribution in [-0.2, 0) is 11.3 Å². The van der Waals surface area contributed by atoms with Crippen LogP contribution in [0.2, 0.25) is 0 Å². The minimum atomic E-state index is -0.169. The highest BCUT2D eigenvalue weighted by molar-refractivity contribution is 5.90. The first-order valence-electron chi connectivity index (χ1n) is 5.53. The predicted octanol–water partition coefficient (Wildman–Crippen LogP) is 1.40. The van der Waals surface area contributed by atoms with Gasteiger partial charge in [-0.3, -0.25) is 14.8 Å². The molecule has 18 heavy (non-hydrogen) atoms. The van der Waals surface area contributed by atoms with Crippen molar-refractivity contribution in [2.24, 2.45) is 0 Å². The first kappa shape index (κ1) is 10.5. The van der Waals surface area contributed by atoms with E-state index in [9.17, 15) is 4.79 Å². The van der Waals surface area contributed by atoms with E-state index in [2.05, 4.69) is 20.4 Å². The summed E-state index contributed by atoms with van der Waals surface area (Å²) in [6.45, 7) is 0.171. The average Bonchev–Trinajstić information content (AvgIpc) is 2.96. The third kappa shape index (κ3) is 2.08. The summed E-state index contributed by atoms with van der Waals surface area (Å²) in [5.74, 6) is 0.283. The standard InChI is InChI=1S/C12H11N5O/c18-11(8-17-7-3-6-13-17)16-12-14-9-4-1-2-5-10(9)15-12/h1-7H,8H2,(H2,14,15,16,18). The van der Waals surface area contributed by atoms with Crippen LogP contribution in [-0.4, -0.2) is 25.7 Å². The lowest BCUT2D eigenvalue weighted by Crippen LogP contribution is -2.19. The molecule has 2 aromatic heterocycles. The summed E-state index contributed by atoms with van der Waals surface area (Å²) in [6, 6.07) is 9.38. The Morgan fingerprint density at radius 1 is 1.33 bits per heavy atom. The third-order valence-corrected chi connectivity index (χ3v) is 2.51. The fourth-order valence-electron chi connectivity index (χ4n) is 1.72. The molecule has 6 nitrogen and oxygen atoms in total. The van der Waals surface area contributed by atoms with Crippen molar-refractivity contribution in [3.05, 3.63) is 42.7 Å².